The van der Waals surface area contributed by atoms with Gasteiger partial charge in [0.05, 0.1) is 0 Å². The quantitative estimate of drug-likeness (QED) is 0.546. The first-order valence-electron chi connectivity index (χ1n) is 7.86. The van der Waals surface area contributed by atoms with E-state index in [2.05, 4.69) is 21.2 Å². The van der Waals surface area contributed by atoms with E-state index >= 15 is 0 Å². The smallest absolute Gasteiger partial charge is 0.237 e. The fourth-order valence-electron chi connectivity index (χ4n) is 2.97. The van der Waals surface area contributed by atoms with Gasteiger partial charge in [-0.1, -0.05) is 51.9 Å². The molecule has 126 valence electrons. The van der Waals surface area contributed by atoms with Gasteiger partial charge in [-0.3, -0.25) is 0 Å². The van der Waals surface area contributed by atoms with Crippen molar-refractivity contribution in [1.29, 1.82) is 0 Å². The molecule has 0 radical (unpaired) electrons. The Hall–Kier alpha value is -1.75. The molecule has 1 aromatic carbocycles. The molecule has 4 rings (SSSR count). The third-order valence-corrected chi connectivity index (χ3v) is 4.96. The van der Waals surface area contributed by atoms with Crippen LogP contribution >= 0.6 is 34.8 Å². The number of aliphatic imine (C=N–C) groups is 2. The number of rotatable bonds is 4. The molecule has 0 spiro atoms. The van der Waals surface area contributed by atoms with E-state index < -0.39 is 0 Å². The molecule has 2 aliphatic heterocycles. The second-order valence-corrected chi connectivity index (χ2v) is 7.30. The summed E-state index contributed by atoms with van der Waals surface area (Å²) in [6.45, 7) is 0.667. The van der Waals surface area contributed by atoms with Gasteiger partial charge in [-0.25, -0.2) is 14.6 Å². The monoisotopic (exact) mass is 391 g/mol. The van der Waals surface area contributed by atoms with Crippen LogP contribution in [0.5, 0.6) is 0 Å². The SMILES string of the molecule is Clc1ccc(C[N+]2=CC(CC3=Nc4nc(Cl)ccc4C3)N=C2)c(Cl)c1. The molecule has 0 saturated carbocycles. The van der Waals surface area contributed by atoms with Crippen molar-refractivity contribution in [1.82, 2.24) is 4.98 Å². The molecule has 0 aliphatic carbocycles. The van der Waals surface area contributed by atoms with E-state index in [0.717, 1.165) is 35.5 Å². The predicted molar refractivity (Wildman–Crippen MR) is 103 cm³/mol. The van der Waals surface area contributed by atoms with Crippen LogP contribution < -0.4 is 0 Å². The zero-order valence-electron chi connectivity index (χ0n) is 13.2. The zero-order valence-corrected chi connectivity index (χ0v) is 15.4. The molecular weight excluding hydrogens is 379 g/mol. The summed E-state index contributed by atoms with van der Waals surface area (Å²) in [6.07, 6.45) is 5.52. The van der Waals surface area contributed by atoms with Crippen LogP contribution in [-0.2, 0) is 13.0 Å². The molecule has 0 N–H and O–H groups in total. The largest absolute Gasteiger partial charge is 0.281 e. The number of fused-ring (bicyclic) bond motifs is 1. The summed E-state index contributed by atoms with van der Waals surface area (Å²) in [5.74, 6) is 0.731. The lowest BCUT2D eigenvalue weighted by atomic mass is 10.1. The van der Waals surface area contributed by atoms with Gasteiger partial charge in [0.1, 0.15) is 17.9 Å². The molecule has 1 unspecified atom stereocenters. The van der Waals surface area contributed by atoms with E-state index in [0.29, 0.717) is 21.7 Å². The number of benzene rings is 1. The van der Waals surface area contributed by atoms with E-state index in [1.165, 1.54) is 0 Å². The van der Waals surface area contributed by atoms with Crippen LogP contribution in [0.25, 0.3) is 0 Å². The van der Waals surface area contributed by atoms with Crippen LogP contribution in [0.3, 0.4) is 0 Å². The number of aromatic nitrogens is 1. The maximum Gasteiger partial charge on any atom is 0.281 e. The van der Waals surface area contributed by atoms with Crippen molar-refractivity contribution in [3.63, 3.8) is 0 Å². The maximum absolute atomic E-state index is 6.24. The van der Waals surface area contributed by atoms with Crippen molar-refractivity contribution in [2.24, 2.45) is 9.98 Å². The lowest BCUT2D eigenvalue weighted by Gasteiger charge is -2.03. The highest BCUT2D eigenvalue weighted by molar-refractivity contribution is 6.35. The Kier molecular flexibility index (Phi) is 4.59. The van der Waals surface area contributed by atoms with Crippen molar-refractivity contribution < 1.29 is 4.58 Å². The van der Waals surface area contributed by atoms with Crippen molar-refractivity contribution in [3.05, 3.63) is 56.7 Å². The van der Waals surface area contributed by atoms with Crippen molar-refractivity contribution in [2.45, 2.75) is 25.4 Å². The highest BCUT2D eigenvalue weighted by Gasteiger charge is 2.25. The fourth-order valence-corrected chi connectivity index (χ4v) is 3.58. The first-order valence-corrected chi connectivity index (χ1v) is 9.00. The third kappa shape index (κ3) is 3.76. The van der Waals surface area contributed by atoms with Crippen LogP contribution in [0.4, 0.5) is 5.82 Å². The summed E-state index contributed by atoms with van der Waals surface area (Å²) in [6, 6.07) is 9.40. The standard InChI is InChI=1S/C18H14Cl3N4/c19-13-3-1-12(16(20)6-13)8-25-9-15(22-10-25)7-14-5-11-2-4-17(21)24-18(11)23-14/h1-4,6,9-10,15H,5,7-8H2/q+1. The minimum Gasteiger partial charge on any atom is -0.237 e. The van der Waals surface area contributed by atoms with Gasteiger partial charge < -0.3 is 0 Å². The van der Waals surface area contributed by atoms with Crippen molar-refractivity contribution >= 4 is 58.9 Å². The van der Waals surface area contributed by atoms with E-state index in [9.17, 15) is 0 Å². The van der Waals surface area contributed by atoms with Gasteiger partial charge in [0, 0.05) is 39.7 Å². The normalized spacial score (nSPS) is 18.3. The minimum absolute atomic E-state index is 0.0783. The molecule has 1 aromatic heterocycles. The molecule has 0 fully saturated rings. The minimum atomic E-state index is 0.0783. The number of hydrogen-bond acceptors (Lipinski definition) is 3. The predicted octanol–water partition coefficient (Wildman–Crippen LogP) is 4.75. The fraction of sp³-hybridized carbons (Fsp3) is 0.222. The Bertz CT molecular complexity index is 934. The van der Waals surface area contributed by atoms with Crippen LogP contribution in [0.1, 0.15) is 17.5 Å². The van der Waals surface area contributed by atoms with Gasteiger partial charge >= 0.3 is 0 Å². The first kappa shape index (κ1) is 16.7. The molecule has 25 heavy (non-hydrogen) atoms. The van der Waals surface area contributed by atoms with Crippen LogP contribution in [-0.4, -0.2) is 33.9 Å². The summed E-state index contributed by atoms with van der Waals surface area (Å²) in [7, 11) is 0. The number of hydrogen-bond donors (Lipinski definition) is 0. The Balaban J connectivity index is 1.43. The topological polar surface area (TPSA) is 40.6 Å². The lowest BCUT2D eigenvalue weighted by Crippen LogP contribution is -2.15. The molecular formula is C18H14Cl3N4+. The van der Waals surface area contributed by atoms with Gasteiger partial charge in [0.2, 0.25) is 0 Å². The first-order chi connectivity index (χ1) is 12.1. The molecule has 2 aromatic rings. The summed E-state index contributed by atoms with van der Waals surface area (Å²) in [5, 5.41) is 1.77. The average Bonchev–Trinajstić information content (AvgIpc) is 3.16. The Morgan fingerprint density at radius 3 is 2.84 bits per heavy atom. The van der Waals surface area contributed by atoms with Gasteiger partial charge in [-0.15, -0.1) is 0 Å². The van der Waals surface area contributed by atoms with Gasteiger partial charge in [0.15, 0.2) is 11.9 Å². The second-order valence-electron chi connectivity index (χ2n) is 6.06. The molecule has 1 atom stereocenters. The Morgan fingerprint density at radius 1 is 1.12 bits per heavy atom. The highest BCUT2D eigenvalue weighted by Crippen LogP contribution is 2.28. The van der Waals surface area contributed by atoms with Gasteiger partial charge in [-0.05, 0) is 18.2 Å². The molecule has 7 heteroatoms. The molecule has 0 saturated heterocycles. The van der Waals surface area contributed by atoms with Crippen LogP contribution in [0.15, 0.2) is 40.3 Å². The number of halogens is 3. The maximum atomic E-state index is 6.24. The second kappa shape index (κ2) is 6.87. The Labute approximate surface area is 160 Å². The van der Waals surface area contributed by atoms with Crippen molar-refractivity contribution in [3.8, 4) is 0 Å². The lowest BCUT2D eigenvalue weighted by molar-refractivity contribution is -0.408. The summed E-state index contributed by atoms with van der Waals surface area (Å²) < 4.78 is 2.04. The third-order valence-electron chi connectivity index (χ3n) is 4.16. The summed E-state index contributed by atoms with van der Waals surface area (Å²) in [5.41, 5.74) is 3.21. The van der Waals surface area contributed by atoms with Crippen molar-refractivity contribution in [2.75, 3.05) is 0 Å². The number of nitrogens with zero attached hydrogens (tertiary/aromatic N) is 4. The summed E-state index contributed by atoms with van der Waals surface area (Å²) in [4.78, 5) is 13.4. The molecule has 0 amide bonds. The average molecular weight is 393 g/mol. The molecule has 4 nitrogen and oxygen atoms in total. The molecule has 0 bridgehead atoms. The van der Waals surface area contributed by atoms with E-state index in [-0.39, 0.29) is 6.04 Å². The zero-order chi connectivity index (χ0) is 17.4. The van der Waals surface area contributed by atoms with Gasteiger partial charge in [0.25, 0.3) is 6.34 Å². The Morgan fingerprint density at radius 2 is 2.00 bits per heavy atom. The molecule has 2 aliphatic rings. The number of pyridine rings is 1. The van der Waals surface area contributed by atoms with E-state index in [4.69, 9.17) is 34.8 Å². The van der Waals surface area contributed by atoms with E-state index in [1.807, 2.05) is 29.1 Å². The highest BCUT2D eigenvalue weighted by atomic mass is 35.5. The van der Waals surface area contributed by atoms with Crippen LogP contribution in [0, 0.1) is 0 Å². The molecule has 3 heterocycles. The van der Waals surface area contributed by atoms with E-state index in [1.54, 1.807) is 12.1 Å². The van der Waals surface area contributed by atoms with Crippen LogP contribution in [0.2, 0.25) is 15.2 Å². The van der Waals surface area contributed by atoms with Gasteiger partial charge in [-0.2, -0.15) is 0 Å². The summed E-state index contributed by atoms with van der Waals surface area (Å²) >= 11 is 18.1.